The van der Waals surface area contributed by atoms with Crippen molar-refractivity contribution < 1.29 is 23.5 Å². The molecule has 0 radical (unpaired) electrons. The average Bonchev–Trinajstić information content (AvgIpc) is 3.27. The van der Waals surface area contributed by atoms with Crippen LogP contribution in [0.5, 0.6) is 11.5 Å². The quantitative estimate of drug-likeness (QED) is 0.458. The Morgan fingerprint density at radius 1 is 0.912 bits per heavy atom. The second-order valence-electron chi connectivity index (χ2n) is 8.63. The Bertz CT molecular complexity index is 1100. The number of amides is 1. The predicted molar refractivity (Wildman–Crippen MR) is 127 cm³/mol. The lowest BCUT2D eigenvalue weighted by atomic mass is 9.94. The van der Waals surface area contributed by atoms with Gasteiger partial charge in [0.2, 0.25) is 5.91 Å². The van der Waals surface area contributed by atoms with Crippen molar-refractivity contribution in [2.24, 2.45) is 5.92 Å². The van der Waals surface area contributed by atoms with Crippen LogP contribution < -0.4 is 4.74 Å². The lowest BCUT2D eigenvalue weighted by molar-refractivity contribution is -0.140. The number of nitrogens with zero attached hydrogens (tertiary/aromatic N) is 1. The van der Waals surface area contributed by atoms with Crippen molar-refractivity contribution in [1.82, 2.24) is 4.90 Å². The average molecular weight is 462 g/mol. The first-order valence-corrected chi connectivity index (χ1v) is 11.4. The molecule has 1 amide bonds. The van der Waals surface area contributed by atoms with Gasteiger partial charge in [0.25, 0.3) is 0 Å². The van der Waals surface area contributed by atoms with Gasteiger partial charge in [0.1, 0.15) is 23.9 Å². The molecule has 34 heavy (non-hydrogen) atoms. The number of carbonyl (C=O) groups excluding carboxylic acids is 2. The van der Waals surface area contributed by atoms with E-state index in [4.69, 9.17) is 9.47 Å². The maximum absolute atomic E-state index is 13.2. The van der Waals surface area contributed by atoms with Crippen LogP contribution in [0, 0.1) is 11.7 Å². The second-order valence-corrected chi connectivity index (χ2v) is 8.63. The third kappa shape index (κ3) is 6.08. The Kier molecular flexibility index (Phi) is 7.70. The summed E-state index contributed by atoms with van der Waals surface area (Å²) in [5.74, 6) is 0.906. The zero-order valence-corrected chi connectivity index (χ0v) is 19.2. The standard InChI is InChI=1S/C28H28FNO4/c1-33-19-28(32)30-18-22(15-20-5-3-2-4-6-20)16-26(30)27(31)17-21-7-11-24(12-8-21)34-25-13-9-23(29)10-14-25/h2-14,22,26H,15-19H2,1H3/t22-,26+/m1/s1. The van der Waals surface area contributed by atoms with E-state index in [0.29, 0.717) is 24.5 Å². The van der Waals surface area contributed by atoms with Gasteiger partial charge in [-0.05, 0) is 66.3 Å². The number of likely N-dealkylation sites (tertiary alicyclic amines) is 1. The minimum absolute atomic E-state index is 0.0206. The highest BCUT2D eigenvalue weighted by Gasteiger charge is 2.38. The summed E-state index contributed by atoms with van der Waals surface area (Å²) < 4.78 is 23.8. The van der Waals surface area contributed by atoms with Crippen LogP contribution in [0.25, 0.3) is 0 Å². The van der Waals surface area contributed by atoms with Gasteiger partial charge in [-0.1, -0.05) is 42.5 Å². The molecule has 3 aromatic carbocycles. The molecule has 3 aromatic rings. The van der Waals surface area contributed by atoms with Gasteiger partial charge in [-0.2, -0.15) is 0 Å². The summed E-state index contributed by atoms with van der Waals surface area (Å²) in [5, 5.41) is 0. The molecule has 4 rings (SSSR count). The van der Waals surface area contributed by atoms with E-state index in [-0.39, 0.29) is 36.5 Å². The Morgan fingerprint density at radius 3 is 2.21 bits per heavy atom. The first kappa shape index (κ1) is 23.6. The smallest absolute Gasteiger partial charge is 0.249 e. The monoisotopic (exact) mass is 461 g/mol. The van der Waals surface area contributed by atoms with E-state index in [2.05, 4.69) is 12.1 Å². The van der Waals surface area contributed by atoms with E-state index in [1.54, 1.807) is 29.2 Å². The van der Waals surface area contributed by atoms with Crippen molar-refractivity contribution >= 4 is 11.7 Å². The minimum Gasteiger partial charge on any atom is -0.457 e. The normalized spacial score (nSPS) is 17.5. The first-order chi connectivity index (χ1) is 16.5. The van der Waals surface area contributed by atoms with Crippen molar-refractivity contribution in [2.75, 3.05) is 20.3 Å². The van der Waals surface area contributed by atoms with E-state index in [9.17, 15) is 14.0 Å². The summed E-state index contributed by atoms with van der Waals surface area (Å²) in [6.07, 6.45) is 1.71. The molecule has 0 N–H and O–H groups in total. The summed E-state index contributed by atoms with van der Waals surface area (Å²) in [6, 6.07) is 22.7. The van der Waals surface area contributed by atoms with E-state index >= 15 is 0 Å². The van der Waals surface area contributed by atoms with Gasteiger partial charge < -0.3 is 14.4 Å². The lowest BCUT2D eigenvalue weighted by Crippen LogP contribution is -2.42. The third-order valence-corrected chi connectivity index (χ3v) is 6.07. The number of Topliss-reactive ketones (excluding diaryl/α,β-unsaturated/α-hetero) is 1. The van der Waals surface area contributed by atoms with Crippen LogP contribution in [0.3, 0.4) is 0 Å². The number of benzene rings is 3. The van der Waals surface area contributed by atoms with Gasteiger partial charge in [0.05, 0.1) is 6.04 Å². The van der Waals surface area contributed by atoms with Crippen LogP contribution >= 0.6 is 0 Å². The summed E-state index contributed by atoms with van der Waals surface area (Å²) in [6.45, 7) is 0.523. The molecule has 5 nitrogen and oxygen atoms in total. The lowest BCUT2D eigenvalue weighted by Gasteiger charge is -2.23. The number of hydrogen-bond acceptors (Lipinski definition) is 4. The molecule has 1 aliphatic rings. The van der Waals surface area contributed by atoms with Crippen molar-refractivity contribution in [1.29, 1.82) is 0 Å². The number of ether oxygens (including phenoxy) is 2. The highest BCUT2D eigenvalue weighted by atomic mass is 19.1. The van der Waals surface area contributed by atoms with E-state index in [1.165, 1.54) is 24.8 Å². The van der Waals surface area contributed by atoms with Gasteiger partial charge in [-0.3, -0.25) is 9.59 Å². The fourth-order valence-corrected chi connectivity index (χ4v) is 4.44. The van der Waals surface area contributed by atoms with Crippen LogP contribution in [0.1, 0.15) is 17.5 Å². The van der Waals surface area contributed by atoms with Crippen LogP contribution in [0.2, 0.25) is 0 Å². The van der Waals surface area contributed by atoms with Gasteiger partial charge in [-0.25, -0.2) is 4.39 Å². The molecule has 0 aromatic heterocycles. The molecule has 0 spiro atoms. The zero-order valence-electron chi connectivity index (χ0n) is 19.2. The van der Waals surface area contributed by atoms with Crippen LogP contribution in [0.15, 0.2) is 78.9 Å². The number of rotatable bonds is 9. The maximum Gasteiger partial charge on any atom is 0.249 e. The molecule has 176 valence electrons. The fraction of sp³-hybridized carbons (Fsp3) is 0.286. The predicted octanol–water partition coefficient (Wildman–Crippen LogP) is 4.84. The largest absolute Gasteiger partial charge is 0.457 e. The molecule has 2 atom stereocenters. The Morgan fingerprint density at radius 2 is 1.56 bits per heavy atom. The first-order valence-electron chi connectivity index (χ1n) is 11.4. The van der Waals surface area contributed by atoms with Crippen LogP contribution in [0.4, 0.5) is 4.39 Å². The van der Waals surface area contributed by atoms with Crippen LogP contribution in [-0.4, -0.2) is 42.9 Å². The molecular formula is C28H28FNO4. The summed E-state index contributed by atoms with van der Waals surface area (Å²) >= 11 is 0. The minimum atomic E-state index is -0.452. The van der Waals surface area contributed by atoms with Crippen LogP contribution in [-0.2, 0) is 27.2 Å². The second kappa shape index (κ2) is 11.1. The van der Waals surface area contributed by atoms with E-state index in [1.807, 2.05) is 30.3 Å². The summed E-state index contributed by atoms with van der Waals surface area (Å²) in [5.41, 5.74) is 2.05. The molecule has 1 heterocycles. The maximum atomic E-state index is 13.2. The molecule has 1 aliphatic heterocycles. The Labute approximate surface area is 199 Å². The van der Waals surface area contributed by atoms with Gasteiger partial charge in [0, 0.05) is 20.1 Å². The summed E-state index contributed by atoms with van der Waals surface area (Å²) in [7, 11) is 1.49. The van der Waals surface area contributed by atoms with E-state index in [0.717, 1.165) is 12.0 Å². The zero-order chi connectivity index (χ0) is 23.9. The molecule has 1 saturated heterocycles. The van der Waals surface area contributed by atoms with Crippen molar-refractivity contribution in [3.63, 3.8) is 0 Å². The fourth-order valence-electron chi connectivity index (χ4n) is 4.44. The van der Waals surface area contributed by atoms with Crippen molar-refractivity contribution in [2.45, 2.75) is 25.3 Å². The number of carbonyl (C=O) groups is 2. The van der Waals surface area contributed by atoms with Gasteiger partial charge in [0.15, 0.2) is 5.78 Å². The molecule has 1 fully saturated rings. The molecule has 6 heteroatoms. The van der Waals surface area contributed by atoms with E-state index < -0.39 is 6.04 Å². The number of ketones is 1. The van der Waals surface area contributed by atoms with Gasteiger partial charge >= 0.3 is 0 Å². The molecular weight excluding hydrogens is 433 g/mol. The highest BCUT2D eigenvalue weighted by molar-refractivity contribution is 5.91. The highest BCUT2D eigenvalue weighted by Crippen LogP contribution is 2.29. The van der Waals surface area contributed by atoms with Gasteiger partial charge in [-0.15, -0.1) is 0 Å². The van der Waals surface area contributed by atoms with Crippen molar-refractivity contribution in [3.05, 3.63) is 95.8 Å². The number of methoxy groups -OCH3 is 1. The number of hydrogen-bond donors (Lipinski definition) is 0. The SMILES string of the molecule is COCC(=O)N1C[C@H](Cc2ccccc2)C[C@H]1C(=O)Cc1ccc(Oc2ccc(F)cc2)cc1. The summed E-state index contributed by atoms with van der Waals surface area (Å²) in [4.78, 5) is 27.6. The molecule has 0 bridgehead atoms. The molecule has 0 aliphatic carbocycles. The Hall–Kier alpha value is -3.51. The molecule has 0 saturated carbocycles. The molecule has 0 unspecified atom stereocenters. The van der Waals surface area contributed by atoms with Crippen molar-refractivity contribution in [3.8, 4) is 11.5 Å². The third-order valence-electron chi connectivity index (χ3n) is 6.07. The topological polar surface area (TPSA) is 55.8 Å². The number of halogens is 1. The Balaban J connectivity index is 1.40.